The number of piperidine rings is 1. The molecule has 2 aliphatic rings. The molecule has 1 aliphatic carbocycles. The molecular weight excluding hydrogens is 388 g/mol. The summed E-state index contributed by atoms with van der Waals surface area (Å²) in [6, 6.07) is 4.68. The molecule has 2 heterocycles. The van der Waals surface area contributed by atoms with Gasteiger partial charge in [0, 0.05) is 59.8 Å². The molecule has 3 atom stereocenters. The van der Waals surface area contributed by atoms with Gasteiger partial charge in [-0.05, 0) is 76.8 Å². The van der Waals surface area contributed by atoms with Crippen LogP contribution in [0.2, 0.25) is 0 Å². The monoisotopic (exact) mass is 424 g/mol. The summed E-state index contributed by atoms with van der Waals surface area (Å²) < 4.78 is 0. The topological polar surface area (TPSA) is 68.4 Å². The molecule has 1 aliphatic heterocycles. The van der Waals surface area contributed by atoms with Crippen molar-refractivity contribution in [3.8, 4) is 0 Å². The van der Waals surface area contributed by atoms with Gasteiger partial charge >= 0.3 is 6.03 Å². The third-order valence-electron chi connectivity index (χ3n) is 7.28. The number of carbonyl (C=O) groups excluding carboxylic acids is 2. The third-order valence-corrected chi connectivity index (χ3v) is 7.28. The number of ketones is 1. The molecule has 6 heteroatoms. The lowest BCUT2D eigenvalue weighted by molar-refractivity contribution is 0.0976. The Bertz CT molecular complexity index is 991. The normalized spacial score (nSPS) is 22.9. The first-order valence-corrected chi connectivity index (χ1v) is 11.8. The van der Waals surface area contributed by atoms with Crippen molar-refractivity contribution in [2.75, 3.05) is 26.2 Å². The van der Waals surface area contributed by atoms with Gasteiger partial charge in [0.25, 0.3) is 0 Å². The minimum absolute atomic E-state index is 0.0292. The van der Waals surface area contributed by atoms with Crippen molar-refractivity contribution in [3.05, 3.63) is 34.5 Å². The number of H-pyrrole nitrogens is 1. The second-order valence-corrected chi connectivity index (χ2v) is 9.20. The van der Waals surface area contributed by atoms with Crippen molar-refractivity contribution in [3.63, 3.8) is 0 Å². The summed E-state index contributed by atoms with van der Waals surface area (Å²) in [5.74, 6) is 0.411. The predicted octanol–water partition coefficient (Wildman–Crippen LogP) is 4.22. The van der Waals surface area contributed by atoms with Crippen LogP contribution in [0, 0.1) is 6.92 Å². The zero-order chi connectivity index (χ0) is 22.3. The number of likely N-dealkylation sites (tertiary alicyclic amines) is 1. The van der Waals surface area contributed by atoms with Crippen LogP contribution in [0.15, 0.2) is 12.1 Å². The number of aromatic amines is 1. The van der Waals surface area contributed by atoms with Gasteiger partial charge in [-0.2, -0.15) is 0 Å². The molecular formula is C25H36N4O2. The Morgan fingerprint density at radius 2 is 1.97 bits per heavy atom. The Kier molecular flexibility index (Phi) is 6.11. The molecule has 1 unspecified atom stereocenters. The van der Waals surface area contributed by atoms with E-state index in [0.717, 1.165) is 43.4 Å². The number of Topliss-reactive ketones (excluding diaryl/α,β-unsaturated/α-hetero) is 1. The smallest absolute Gasteiger partial charge is 0.317 e. The molecule has 2 N–H and O–H groups in total. The number of carbonyl (C=O) groups is 2. The second kappa shape index (κ2) is 8.65. The van der Waals surface area contributed by atoms with Gasteiger partial charge in [0.15, 0.2) is 5.78 Å². The van der Waals surface area contributed by atoms with Crippen LogP contribution in [0.25, 0.3) is 10.9 Å². The number of amides is 2. The summed E-state index contributed by atoms with van der Waals surface area (Å²) in [6.07, 6.45) is 3.03. The van der Waals surface area contributed by atoms with Gasteiger partial charge in [0.1, 0.15) is 0 Å². The van der Waals surface area contributed by atoms with Crippen LogP contribution >= 0.6 is 0 Å². The highest BCUT2D eigenvalue weighted by molar-refractivity contribution is 6.00. The van der Waals surface area contributed by atoms with E-state index in [9.17, 15) is 9.59 Å². The maximum Gasteiger partial charge on any atom is 0.317 e. The molecule has 0 saturated carbocycles. The van der Waals surface area contributed by atoms with Gasteiger partial charge in [-0.25, -0.2) is 4.79 Å². The number of benzene rings is 1. The summed E-state index contributed by atoms with van der Waals surface area (Å²) in [7, 11) is 0. The molecule has 6 nitrogen and oxygen atoms in total. The van der Waals surface area contributed by atoms with E-state index >= 15 is 0 Å². The number of urea groups is 1. The van der Waals surface area contributed by atoms with Gasteiger partial charge in [0.2, 0.25) is 0 Å². The molecule has 2 amide bonds. The lowest BCUT2D eigenvalue weighted by Crippen LogP contribution is -2.58. The number of rotatable bonds is 6. The van der Waals surface area contributed by atoms with E-state index in [-0.39, 0.29) is 17.9 Å². The van der Waals surface area contributed by atoms with E-state index in [1.807, 2.05) is 24.8 Å². The predicted molar refractivity (Wildman–Crippen MR) is 125 cm³/mol. The van der Waals surface area contributed by atoms with E-state index in [4.69, 9.17) is 0 Å². The first-order chi connectivity index (χ1) is 14.9. The maximum atomic E-state index is 12.8. The summed E-state index contributed by atoms with van der Waals surface area (Å²) in [4.78, 5) is 33.0. The van der Waals surface area contributed by atoms with E-state index < -0.39 is 0 Å². The van der Waals surface area contributed by atoms with Crippen molar-refractivity contribution >= 4 is 22.7 Å². The first kappa shape index (κ1) is 21.9. The number of nitrogens with one attached hydrogen (secondary N) is 2. The molecule has 1 aromatic heterocycles. The van der Waals surface area contributed by atoms with Gasteiger partial charge in [-0.15, -0.1) is 0 Å². The highest BCUT2D eigenvalue weighted by atomic mass is 16.2. The quantitative estimate of drug-likeness (QED) is 0.682. The fourth-order valence-corrected chi connectivity index (χ4v) is 5.77. The fraction of sp³-hybridized carbons (Fsp3) is 0.600. The number of fused-ring (bicyclic) bond motifs is 2. The number of aromatic nitrogens is 1. The van der Waals surface area contributed by atoms with Gasteiger partial charge in [0.05, 0.1) is 0 Å². The molecule has 31 heavy (non-hydrogen) atoms. The van der Waals surface area contributed by atoms with Crippen LogP contribution in [0.5, 0.6) is 0 Å². The van der Waals surface area contributed by atoms with Crippen molar-refractivity contribution in [2.24, 2.45) is 0 Å². The van der Waals surface area contributed by atoms with Crippen LogP contribution in [0.3, 0.4) is 0 Å². The molecule has 2 aromatic rings. The van der Waals surface area contributed by atoms with E-state index in [0.29, 0.717) is 25.0 Å². The van der Waals surface area contributed by atoms with E-state index in [1.165, 1.54) is 22.2 Å². The molecule has 4 rings (SSSR count). The minimum Gasteiger partial charge on any atom is -0.358 e. The summed E-state index contributed by atoms with van der Waals surface area (Å²) in [5, 5.41) is 4.61. The number of hydrogen-bond donors (Lipinski definition) is 2. The van der Waals surface area contributed by atoms with Crippen molar-refractivity contribution < 1.29 is 9.59 Å². The van der Waals surface area contributed by atoms with Crippen LogP contribution < -0.4 is 5.32 Å². The molecule has 0 spiro atoms. The summed E-state index contributed by atoms with van der Waals surface area (Å²) in [5.41, 5.74) is 5.73. The lowest BCUT2D eigenvalue weighted by Gasteiger charge is -2.47. The number of aryl methyl sites for hydroxylation is 1. The van der Waals surface area contributed by atoms with Crippen molar-refractivity contribution in [1.29, 1.82) is 0 Å². The number of nitrogens with zero attached hydrogens (tertiary/aromatic N) is 2. The van der Waals surface area contributed by atoms with Gasteiger partial charge < -0.3 is 15.2 Å². The molecule has 1 aromatic carbocycles. The van der Waals surface area contributed by atoms with E-state index in [2.05, 4.69) is 35.1 Å². The van der Waals surface area contributed by atoms with Crippen LogP contribution in [-0.4, -0.2) is 64.9 Å². The Hall–Kier alpha value is -2.34. The Morgan fingerprint density at radius 1 is 1.23 bits per heavy atom. The maximum absolute atomic E-state index is 12.8. The lowest BCUT2D eigenvalue weighted by atomic mass is 9.73. The van der Waals surface area contributed by atoms with Crippen LogP contribution in [0.4, 0.5) is 4.79 Å². The largest absolute Gasteiger partial charge is 0.358 e. The van der Waals surface area contributed by atoms with E-state index in [1.54, 1.807) is 6.92 Å². The average Bonchev–Trinajstić information content (AvgIpc) is 3.05. The van der Waals surface area contributed by atoms with Crippen LogP contribution in [-0.2, 0) is 6.42 Å². The standard InChI is InChI=1S/C25H36N4O2/c1-6-9-29-14-18(27-25(31)28(7-2)8-3)12-20-21-10-17(16(5)30)11-22-24(21)19(13-23(20)29)15(4)26-22/h10-11,18,20,23,26H,6-9,12-14H2,1-5H3,(H,27,31)/t18-,20?,23+/m0/s1. The summed E-state index contributed by atoms with van der Waals surface area (Å²) >= 11 is 0. The third kappa shape index (κ3) is 3.86. The Morgan fingerprint density at radius 3 is 2.61 bits per heavy atom. The first-order valence-electron chi connectivity index (χ1n) is 11.8. The van der Waals surface area contributed by atoms with Gasteiger partial charge in [-0.3, -0.25) is 9.69 Å². The zero-order valence-electron chi connectivity index (χ0n) is 19.5. The fourth-order valence-electron chi connectivity index (χ4n) is 5.77. The second-order valence-electron chi connectivity index (χ2n) is 9.20. The summed E-state index contributed by atoms with van der Waals surface area (Å²) in [6.45, 7) is 13.4. The molecule has 1 fully saturated rings. The molecule has 1 saturated heterocycles. The Balaban J connectivity index is 1.73. The molecule has 0 radical (unpaired) electrons. The molecule has 168 valence electrons. The minimum atomic E-state index is 0.0292. The number of hydrogen-bond acceptors (Lipinski definition) is 3. The Labute approximate surface area is 185 Å². The average molecular weight is 425 g/mol. The van der Waals surface area contributed by atoms with Crippen molar-refractivity contribution in [1.82, 2.24) is 20.1 Å². The zero-order valence-corrected chi connectivity index (χ0v) is 19.5. The van der Waals surface area contributed by atoms with Crippen molar-refractivity contribution in [2.45, 2.75) is 71.9 Å². The SMILES string of the molecule is CCCN1C[C@@H](NC(=O)N(CC)CC)CC2c3cc(C(C)=O)cc4[nH]c(C)c(c34)C[C@H]21. The van der Waals surface area contributed by atoms with Gasteiger partial charge in [-0.1, -0.05) is 6.92 Å². The highest BCUT2D eigenvalue weighted by Gasteiger charge is 2.42. The van der Waals surface area contributed by atoms with Crippen LogP contribution in [0.1, 0.15) is 73.6 Å². The molecule has 0 bridgehead atoms. The highest BCUT2D eigenvalue weighted by Crippen LogP contribution is 2.45.